The Hall–Kier alpha value is -3.41. The Labute approximate surface area is 193 Å². The molecule has 5 rings (SSSR count). The molecule has 1 aromatic carbocycles. The van der Waals surface area contributed by atoms with Crippen molar-refractivity contribution in [3.05, 3.63) is 51.2 Å². The smallest absolute Gasteiger partial charge is 0.329 e. The summed E-state index contributed by atoms with van der Waals surface area (Å²) in [6.45, 7) is 4.48. The van der Waals surface area contributed by atoms with Crippen molar-refractivity contribution >= 4 is 28.9 Å². The molecule has 4 heterocycles. The fourth-order valence-electron chi connectivity index (χ4n) is 4.28. The van der Waals surface area contributed by atoms with Crippen LogP contribution in [0.4, 0.5) is 5.95 Å². The number of imidazole rings is 1. The van der Waals surface area contributed by atoms with E-state index in [-0.39, 0.29) is 0 Å². The minimum atomic E-state index is -0.466. The van der Waals surface area contributed by atoms with Crippen LogP contribution in [0.2, 0.25) is 0 Å². The number of nitrogens with zero attached hydrogens (tertiary/aromatic N) is 8. The Morgan fingerprint density at radius 1 is 1.21 bits per heavy atom. The Balaban J connectivity index is 1.47. The highest BCUT2D eigenvalue weighted by atomic mass is 32.2. The molecule has 4 aromatic rings. The van der Waals surface area contributed by atoms with E-state index in [4.69, 9.17) is 4.98 Å². The molecule has 12 heteroatoms. The van der Waals surface area contributed by atoms with E-state index in [1.54, 1.807) is 11.7 Å². The molecule has 1 saturated heterocycles. The van der Waals surface area contributed by atoms with E-state index in [0.717, 1.165) is 31.1 Å². The first-order chi connectivity index (χ1) is 16.0. The third-order valence-electron chi connectivity index (χ3n) is 5.91. The molecule has 1 aliphatic rings. The van der Waals surface area contributed by atoms with Gasteiger partial charge in [-0.05, 0) is 41.3 Å². The summed E-state index contributed by atoms with van der Waals surface area (Å²) in [7, 11) is 1.63. The first-order valence-corrected chi connectivity index (χ1v) is 11.9. The lowest BCUT2D eigenvalue weighted by molar-refractivity contribution is 0.438. The van der Waals surface area contributed by atoms with Crippen molar-refractivity contribution in [2.75, 3.05) is 23.7 Å². The summed E-state index contributed by atoms with van der Waals surface area (Å²) in [6.07, 6.45) is 2.24. The highest BCUT2D eigenvalue weighted by Crippen LogP contribution is 2.26. The Kier molecular flexibility index (Phi) is 5.75. The van der Waals surface area contributed by atoms with E-state index < -0.39 is 11.2 Å². The third kappa shape index (κ3) is 4.06. The fourth-order valence-corrected chi connectivity index (χ4v) is 5.09. The second-order valence-electron chi connectivity index (χ2n) is 8.30. The number of aryl methyl sites for hydroxylation is 2. The molecular weight excluding hydrogens is 442 g/mol. The van der Waals surface area contributed by atoms with Gasteiger partial charge in [0, 0.05) is 32.4 Å². The number of tetrazole rings is 1. The number of rotatable bonds is 6. The van der Waals surface area contributed by atoms with Crippen molar-refractivity contribution in [2.24, 2.45) is 13.0 Å². The maximum atomic E-state index is 12.8. The summed E-state index contributed by atoms with van der Waals surface area (Å²) in [4.78, 5) is 34.3. The molecule has 0 bridgehead atoms. The molecular formula is C21H25N9O2S. The number of benzene rings is 1. The summed E-state index contributed by atoms with van der Waals surface area (Å²) in [6, 6.07) is 9.70. The third-order valence-corrected chi connectivity index (χ3v) is 6.81. The van der Waals surface area contributed by atoms with Crippen LogP contribution < -0.4 is 16.1 Å². The molecule has 1 N–H and O–H groups in total. The van der Waals surface area contributed by atoms with Gasteiger partial charge >= 0.3 is 5.69 Å². The zero-order chi connectivity index (χ0) is 22.9. The van der Waals surface area contributed by atoms with Crippen molar-refractivity contribution in [1.29, 1.82) is 0 Å². The van der Waals surface area contributed by atoms with Crippen molar-refractivity contribution in [1.82, 2.24) is 39.3 Å². The highest BCUT2D eigenvalue weighted by molar-refractivity contribution is 7.99. The second kappa shape index (κ2) is 8.85. The number of hydrogen-bond acceptors (Lipinski definition) is 8. The standard InChI is InChI=1S/C21H25N9O2S/c1-14-7-6-10-28(13-14)19-22-17-16(18(31)23-20(32)27(17)2)29(19)11-12-33-21-24-25-26-30(21)15-8-4-3-5-9-15/h3-5,8-9,14H,6-7,10-13H2,1-2H3,(H,23,31,32). The Bertz CT molecular complexity index is 1390. The number of H-pyrrole nitrogens is 1. The Morgan fingerprint density at radius 3 is 2.82 bits per heavy atom. The van der Waals surface area contributed by atoms with Crippen LogP contribution in [0.1, 0.15) is 19.8 Å². The number of anilines is 1. The lowest BCUT2D eigenvalue weighted by Crippen LogP contribution is -2.36. The molecule has 33 heavy (non-hydrogen) atoms. The normalized spacial score (nSPS) is 16.5. The quantitative estimate of drug-likeness (QED) is 0.423. The molecule has 0 aliphatic carbocycles. The van der Waals surface area contributed by atoms with E-state index >= 15 is 0 Å². The molecule has 0 saturated carbocycles. The van der Waals surface area contributed by atoms with Crippen LogP contribution in [0.5, 0.6) is 0 Å². The van der Waals surface area contributed by atoms with E-state index in [0.29, 0.717) is 34.5 Å². The zero-order valence-electron chi connectivity index (χ0n) is 18.5. The first-order valence-electron chi connectivity index (χ1n) is 10.9. The SMILES string of the molecule is CC1CCCN(c2nc3c(c(=O)[nH]c(=O)n3C)n2CCSc2nnnn2-c2ccccc2)C1. The average Bonchev–Trinajstić information content (AvgIpc) is 3.44. The van der Waals surface area contributed by atoms with Crippen molar-refractivity contribution in [3.63, 3.8) is 0 Å². The van der Waals surface area contributed by atoms with Gasteiger partial charge in [-0.3, -0.25) is 14.3 Å². The van der Waals surface area contributed by atoms with Gasteiger partial charge in [0.1, 0.15) is 0 Å². The second-order valence-corrected chi connectivity index (χ2v) is 9.37. The predicted molar refractivity (Wildman–Crippen MR) is 126 cm³/mol. The molecule has 0 spiro atoms. The van der Waals surface area contributed by atoms with Crippen LogP contribution in [-0.4, -0.2) is 58.2 Å². The van der Waals surface area contributed by atoms with Crippen LogP contribution in [0.15, 0.2) is 45.1 Å². The van der Waals surface area contributed by atoms with E-state index in [9.17, 15) is 9.59 Å². The lowest BCUT2D eigenvalue weighted by Gasteiger charge is -2.32. The van der Waals surface area contributed by atoms with Crippen molar-refractivity contribution < 1.29 is 0 Å². The summed E-state index contributed by atoms with van der Waals surface area (Å²) in [5.74, 6) is 1.89. The maximum Gasteiger partial charge on any atom is 0.329 e. The summed E-state index contributed by atoms with van der Waals surface area (Å²) in [5, 5.41) is 12.7. The van der Waals surface area contributed by atoms with E-state index in [1.165, 1.54) is 22.7 Å². The number of hydrogen-bond donors (Lipinski definition) is 1. The van der Waals surface area contributed by atoms with Crippen LogP contribution in [-0.2, 0) is 13.6 Å². The van der Waals surface area contributed by atoms with Gasteiger partial charge in [0.25, 0.3) is 5.56 Å². The zero-order valence-corrected chi connectivity index (χ0v) is 19.3. The number of piperidine rings is 1. The number of thioether (sulfide) groups is 1. The number of fused-ring (bicyclic) bond motifs is 1. The Morgan fingerprint density at radius 2 is 2.03 bits per heavy atom. The summed E-state index contributed by atoms with van der Waals surface area (Å²) >= 11 is 1.50. The molecule has 1 atom stereocenters. The van der Waals surface area contributed by atoms with Gasteiger partial charge in [-0.1, -0.05) is 36.9 Å². The van der Waals surface area contributed by atoms with E-state index in [2.05, 4.69) is 32.3 Å². The van der Waals surface area contributed by atoms with Gasteiger partial charge in [-0.25, -0.2) is 4.79 Å². The molecule has 172 valence electrons. The molecule has 0 amide bonds. The summed E-state index contributed by atoms with van der Waals surface area (Å²) < 4.78 is 5.02. The average molecular weight is 468 g/mol. The largest absolute Gasteiger partial charge is 0.342 e. The van der Waals surface area contributed by atoms with Gasteiger partial charge < -0.3 is 9.47 Å². The number of aromatic amines is 1. The molecule has 1 unspecified atom stereocenters. The summed E-state index contributed by atoms with van der Waals surface area (Å²) in [5.41, 5.74) is 0.806. The monoisotopic (exact) mass is 467 g/mol. The lowest BCUT2D eigenvalue weighted by atomic mass is 10.0. The minimum Gasteiger partial charge on any atom is -0.342 e. The van der Waals surface area contributed by atoms with Gasteiger partial charge in [0.05, 0.1) is 5.69 Å². The number of para-hydroxylation sites is 1. The van der Waals surface area contributed by atoms with Gasteiger partial charge in [-0.2, -0.15) is 9.67 Å². The number of nitrogens with one attached hydrogen (secondary N) is 1. The van der Waals surface area contributed by atoms with Crippen LogP contribution in [0, 0.1) is 5.92 Å². The van der Waals surface area contributed by atoms with Crippen molar-refractivity contribution in [3.8, 4) is 5.69 Å². The van der Waals surface area contributed by atoms with Crippen molar-refractivity contribution in [2.45, 2.75) is 31.5 Å². The number of aromatic nitrogens is 8. The van der Waals surface area contributed by atoms with Gasteiger partial charge in [0.15, 0.2) is 11.2 Å². The molecule has 3 aromatic heterocycles. The minimum absolute atomic E-state index is 0.399. The topological polar surface area (TPSA) is 120 Å². The molecule has 1 aliphatic heterocycles. The maximum absolute atomic E-state index is 12.8. The predicted octanol–water partition coefficient (Wildman–Crippen LogP) is 1.43. The fraction of sp³-hybridized carbons (Fsp3) is 0.429. The van der Waals surface area contributed by atoms with Crippen LogP contribution in [0.25, 0.3) is 16.9 Å². The highest BCUT2D eigenvalue weighted by Gasteiger charge is 2.25. The van der Waals surface area contributed by atoms with Crippen LogP contribution >= 0.6 is 11.8 Å². The van der Waals surface area contributed by atoms with Crippen LogP contribution in [0.3, 0.4) is 0 Å². The van der Waals surface area contributed by atoms with E-state index in [1.807, 2.05) is 34.9 Å². The van der Waals surface area contributed by atoms with Gasteiger partial charge in [-0.15, -0.1) is 5.10 Å². The molecule has 0 radical (unpaired) electrons. The molecule has 1 fully saturated rings. The molecule has 11 nitrogen and oxygen atoms in total. The first kappa shape index (κ1) is 21.4. The van der Waals surface area contributed by atoms with Gasteiger partial charge in [0.2, 0.25) is 11.1 Å².